The summed E-state index contributed by atoms with van der Waals surface area (Å²) >= 11 is 5.85. The van der Waals surface area contributed by atoms with Crippen molar-refractivity contribution < 1.29 is 18.7 Å². The van der Waals surface area contributed by atoms with E-state index in [-0.39, 0.29) is 23.1 Å². The Morgan fingerprint density at radius 3 is 2.27 bits per heavy atom. The number of ether oxygens (including phenoxy) is 1. The van der Waals surface area contributed by atoms with Gasteiger partial charge in [0.1, 0.15) is 11.6 Å². The maximum absolute atomic E-state index is 14.2. The second-order valence-electron chi connectivity index (χ2n) is 7.97. The maximum atomic E-state index is 14.2. The summed E-state index contributed by atoms with van der Waals surface area (Å²) in [6.07, 6.45) is 1.69. The molecule has 170 valence electrons. The minimum atomic E-state index is -0.577. The minimum Gasteiger partial charge on any atom is -0.410 e. The van der Waals surface area contributed by atoms with Gasteiger partial charge >= 0.3 is 6.09 Å². The number of carbonyl (C=O) groups is 2. The second kappa shape index (κ2) is 10.5. The number of likely N-dealkylation sites (tertiary alicyclic amines) is 1. The summed E-state index contributed by atoms with van der Waals surface area (Å²) in [6.45, 7) is 1.00. The van der Waals surface area contributed by atoms with Crippen LogP contribution >= 0.6 is 11.6 Å². The number of carbonyl (C=O) groups excluding carboxylic acids is 2. The van der Waals surface area contributed by atoms with Crippen LogP contribution in [-0.4, -0.2) is 30.5 Å². The van der Waals surface area contributed by atoms with Gasteiger partial charge in [-0.1, -0.05) is 60.1 Å². The molecule has 1 saturated heterocycles. The number of hydrogen-bond acceptors (Lipinski definition) is 3. The SMILES string of the molecule is O=CN(c1ccc(Cl)c(F)c1)C(c1ccccc1)C1CCN(C(=O)Oc2ccccc2)CC1. The first-order valence-corrected chi connectivity index (χ1v) is 11.2. The van der Waals surface area contributed by atoms with Gasteiger partial charge in [0.05, 0.1) is 11.1 Å². The molecule has 1 aliphatic heterocycles. The molecule has 1 aliphatic rings. The predicted molar refractivity (Wildman–Crippen MR) is 126 cm³/mol. The Hall–Kier alpha value is -3.38. The Morgan fingerprint density at radius 1 is 1.03 bits per heavy atom. The first-order valence-electron chi connectivity index (χ1n) is 10.8. The first kappa shape index (κ1) is 22.8. The van der Waals surface area contributed by atoms with E-state index in [1.54, 1.807) is 28.0 Å². The fourth-order valence-electron chi connectivity index (χ4n) is 4.29. The molecule has 2 amide bonds. The largest absolute Gasteiger partial charge is 0.415 e. The number of anilines is 1. The van der Waals surface area contributed by atoms with Crippen LogP contribution < -0.4 is 9.64 Å². The van der Waals surface area contributed by atoms with Gasteiger partial charge in [-0.05, 0) is 54.7 Å². The van der Waals surface area contributed by atoms with Crippen LogP contribution in [0.3, 0.4) is 0 Å². The fraction of sp³-hybridized carbons (Fsp3) is 0.231. The number of rotatable bonds is 6. The number of amides is 2. The van der Waals surface area contributed by atoms with Crippen LogP contribution in [-0.2, 0) is 4.79 Å². The zero-order valence-electron chi connectivity index (χ0n) is 17.9. The van der Waals surface area contributed by atoms with Gasteiger partial charge in [0.15, 0.2) is 0 Å². The van der Waals surface area contributed by atoms with Crippen molar-refractivity contribution in [3.63, 3.8) is 0 Å². The highest BCUT2D eigenvalue weighted by atomic mass is 35.5. The molecular weight excluding hydrogens is 443 g/mol. The van der Waals surface area contributed by atoms with Crippen LogP contribution in [0.4, 0.5) is 14.9 Å². The van der Waals surface area contributed by atoms with Crippen molar-refractivity contribution in [1.29, 1.82) is 0 Å². The third-order valence-electron chi connectivity index (χ3n) is 5.95. The van der Waals surface area contributed by atoms with Gasteiger partial charge in [-0.25, -0.2) is 9.18 Å². The third kappa shape index (κ3) is 5.34. The van der Waals surface area contributed by atoms with Gasteiger partial charge in [-0.2, -0.15) is 0 Å². The predicted octanol–water partition coefficient (Wildman–Crippen LogP) is 6.09. The lowest BCUT2D eigenvalue weighted by Crippen LogP contribution is -2.44. The molecule has 3 aromatic carbocycles. The van der Waals surface area contributed by atoms with Crippen molar-refractivity contribution in [2.75, 3.05) is 18.0 Å². The smallest absolute Gasteiger partial charge is 0.410 e. The van der Waals surface area contributed by atoms with E-state index in [1.807, 2.05) is 48.5 Å². The van der Waals surface area contributed by atoms with Crippen LogP contribution in [0.2, 0.25) is 5.02 Å². The summed E-state index contributed by atoms with van der Waals surface area (Å²) in [5.41, 5.74) is 1.39. The van der Waals surface area contributed by atoms with Gasteiger partial charge in [0.2, 0.25) is 6.41 Å². The zero-order chi connectivity index (χ0) is 23.2. The highest BCUT2D eigenvalue weighted by Gasteiger charge is 2.34. The summed E-state index contributed by atoms with van der Waals surface area (Å²) in [5.74, 6) is -0.00731. The average Bonchev–Trinajstić information content (AvgIpc) is 2.85. The van der Waals surface area contributed by atoms with Crippen LogP contribution in [0.1, 0.15) is 24.4 Å². The lowest BCUT2D eigenvalue weighted by atomic mass is 9.84. The van der Waals surface area contributed by atoms with Crippen molar-refractivity contribution in [2.24, 2.45) is 5.92 Å². The quantitative estimate of drug-likeness (QED) is 0.413. The molecule has 1 unspecified atom stereocenters. The molecule has 0 spiro atoms. The molecule has 1 fully saturated rings. The van der Waals surface area contributed by atoms with Gasteiger partial charge in [-0.15, -0.1) is 0 Å². The van der Waals surface area contributed by atoms with Crippen molar-refractivity contribution in [3.8, 4) is 5.75 Å². The van der Waals surface area contributed by atoms with Crippen molar-refractivity contribution >= 4 is 29.8 Å². The van der Waals surface area contributed by atoms with Crippen LogP contribution in [0, 0.1) is 11.7 Å². The van der Waals surface area contributed by atoms with E-state index < -0.39 is 5.82 Å². The number of halogens is 2. The number of piperidine rings is 1. The van der Waals surface area contributed by atoms with Crippen molar-refractivity contribution in [1.82, 2.24) is 4.90 Å². The number of hydrogen-bond donors (Lipinski definition) is 0. The van der Waals surface area contributed by atoms with Crippen LogP contribution in [0.25, 0.3) is 0 Å². The Balaban J connectivity index is 1.53. The van der Waals surface area contributed by atoms with Crippen LogP contribution in [0.15, 0.2) is 78.9 Å². The van der Waals surface area contributed by atoms with Gasteiger partial charge in [0.25, 0.3) is 0 Å². The summed E-state index contributed by atoms with van der Waals surface area (Å²) in [6, 6.07) is 22.7. The lowest BCUT2D eigenvalue weighted by Gasteiger charge is -2.40. The van der Waals surface area contributed by atoms with Crippen molar-refractivity contribution in [2.45, 2.75) is 18.9 Å². The summed E-state index contributed by atoms with van der Waals surface area (Å²) in [5, 5.41) is 0.00565. The summed E-state index contributed by atoms with van der Waals surface area (Å²) in [7, 11) is 0. The molecule has 0 radical (unpaired) electrons. The summed E-state index contributed by atoms with van der Waals surface area (Å²) < 4.78 is 19.6. The van der Waals surface area contributed by atoms with E-state index in [0.717, 1.165) is 12.0 Å². The van der Waals surface area contributed by atoms with Gasteiger partial charge in [-0.3, -0.25) is 4.79 Å². The molecule has 1 heterocycles. The lowest BCUT2D eigenvalue weighted by molar-refractivity contribution is -0.108. The van der Waals surface area contributed by atoms with E-state index in [2.05, 4.69) is 0 Å². The summed E-state index contributed by atoms with van der Waals surface area (Å²) in [4.78, 5) is 28.0. The molecule has 0 N–H and O–H groups in total. The van der Waals surface area contributed by atoms with E-state index in [4.69, 9.17) is 16.3 Å². The molecule has 0 saturated carbocycles. The standard InChI is InChI=1S/C26H24ClFN2O3/c27-23-12-11-21(17-24(23)28)30(18-31)25(19-7-3-1-4-8-19)20-13-15-29(16-14-20)26(32)33-22-9-5-2-6-10-22/h1-12,17-18,20,25H,13-16H2. The number of benzene rings is 3. The normalized spacial score (nSPS) is 15.0. The Kier molecular flexibility index (Phi) is 7.25. The van der Waals surface area contributed by atoms with Gasteiger partial charge in [0, 0.05) is 18.8 Å². The molecule has 1 atom stereocenters. The van der Waals surface area contributed by atoms with E-state index >= 15 is 0 Å². The molecule has 33 heavy (non-hydrogen) atoms. The highest BCUT2D eigenvalue weighted by molar-refractivity contribution is 6.30. The Labute approximate surface area is 197 Å². The minimum absolute atomic E-state index is 0.00565. The van der Waals surface area contributed by atoms with Crippen molar-refractivity contribution in [3.05, 3.63) is 95.3 Å². The number of nitrogens with zero attached hydrogens (tertiary/aromatic N) is 2. The molecule has 0 aromatic heterocycles. The first-order chi connectivity index (χ1) is 16.1. The van der Waals surface area contributed by atoms with Gasteiger partial charge < -0.3 is 14.5 Å². The van der Waals surface area contributed by atoms with E-state index in [1.165, 1.54) is 12.1 Å². The molecule has 4 rings (SSSR count). The molecule has 5 nitrogen and oxygen atoms in total. The topological polar surface area (TPSA) is 49.9 Å². The fourth-order valence-corrected chi connectivity index (χ4v) is 4.41. The van der Waals surface area contributed by atoms with E-state index in [9.17, 15) is 14.0 Å². The van der Waals surface area contributed by atoms with E-state index in [0.29, 0.717) is 37.4 Å². The molecule has 7 heteroatoms. The second-order valence-corrected chi connectivity index (χ2v) is 8.38. The third-order valence-corrected chi connectivity index (χ3v) is 6.25. The Bertz CT molecular complexity index is 1090. The highest BCUT2D eigenvalue weighted by Crippen LogP contribution is 2.38. The molecular formula is C26H24ClFN2O3. The van der Waals surface area contributed by atoms with Crippen LogP contribution in [0.5, 0.6) is 5.75 Å². The maximum Gasteiger partial charge on any atom is 0.415 e. The zero-order valence-corrected chi connectivity index (χ0v) is 18.7. The average molecular weight is 467 g/mol. The molecule has 0 aliphatic carbocycles. The molecule has 0 bridgehead atoms. The number of para-hydroxylation sites is 1. The molecule has 3 aromatic rings. The monoisotopic (exact) mass is 466 g/mol. The Morgan fingerprint density at radius 2 is 1.67 bits per heavy atom.